The molecule has 3 heterocycles. The largest absolute Gasteiger partial charge is 0.326 e. The topological polar surface area (TPSA) is 54.9 Å². The first kappa shape index (κ1) is 16.6. The molecule has 134 valence electrons. The van der Waals surface area contributed by atoms with Gasteiger partial charge < -0.3 is 5.32 Å². The van der Waals surface area contributed by atoms with Crippen LogP contribution in [0.15, 0.2) is 53.2 Å². The molecule has 6 heteroatoms. The molecule has 4 nitrogen and oxygen atoms in total. The van der Waals surface area contributed by atoms with Crippen molar-refractivity contribution in [2.75, 3.05) is 5.32 Å². The van der Waals surface area contributed by atoms with Gasteiger partial charge in [0.15, 0.2) is 0 Å². The molecule has 5 rings (SSSR count). The molecule has 1 N–H and O–H groups in total. The second kappa shape index (κ2) is 6.87. The van der Waals surface area contributed by atoms with Gasteiger partial charge in [-0.25, -0.2) is 9.97 Å². The van der Waals surface area contributed by atoms with Gasteiger partial charge in [0.25, 0.3) is 0 Å². The van der Waals surface area contributed by atoms with Crippen molar-refractivity contribution in [3.63, 3.8) is 0 Å². The lowest BCUT2D eigenvalue weighted by molar-refractivity contribution is -0.122. The fourth-order valence-electron chi connectivity index (χ4n) is 3.22. The second-order valence-electron chi connectivity index (χ2n) is 6.70. The van der Waals surface area contributed by atoms with E-state index >= 15 is 0 Å². The lowest BCUT2D eigenvalue weighted by Gasteiger charge is -2.24. The average molecular weight is 392 g/mol. The molecule has 0 atom stereocenters. The van der Waals surface area contributed by atoms with Gasteiger partial charge in [0, 0.05) is 11.6 Å². The van der Waals surface area contributed by atoms with Crippen LogP contribution in [0.3, 0.4) is 0 Å². The van der Waals surface area contributed by atoms with Crippen LogP contribution in [-0.2, 0) is 4.79 Å². The van der Waals surface area contributed by atoms with Crippen molar-refractivity contribution < 1.29 is 4.79 Å². The molecule has 27 heavy (non-hydrogen) atoms. The number of nitrogens with one attached hydrogen (secondary N) is 1. The first-order chi connectivity index (χ1) is 13.3. The fourth-order valence-corrected chi connectivity index (χ4v) is 4.65. The molecule has 1 aliphatic carbocycles. The lowest BCUT2D eigenvalue weighted by atomic mass is 9.85. The second-order valence-corrected chi connectivity index (χ2v) is 8.59. The standard InChI is InChI=1S/C21H17N3OS2/c25-21(13-4-1-5-13)22-14-8-9-15-16(12-14)24-20(18-7-3-11-27-18)19(23-15)17-6-2-10-26-17/h2-3,6-13H,1,4-5H2,(H,22,25). The van der Waals surface area contributed by atoms with Crippen molar-refractivity contribution >= 4 is 45.3 Å². The molecule has 4 aromatic rings. The summed E-state index contributed by atoms with van der Waals surface area (Å²) in [4.78, 5) is 24.3. The van der Waals surface area contributed by atoms with Gasteiger partial charge in [-0.05, 0) is 53.9 Å². The number of fused-ring (bicyclic) bond motifs is 1. The van der Waals surface area contributed by atoms with Crippen LogP contribution in [0.4, 0.5) is 5.69 Å². The van der Waals surface area contributed by atoms with Gasteiger partial charge in [-0.15, -0.1) is 22.7 Å². The van der Waals surface area contributed by atoms with Crippen molar-refractivity contribution in [1.82, 2.24) is 9.97 Å². The molecular formula is C21H17N3OS2. The molecule has 0 bridgehead atoms. The van der Waals surface area contributed by atoms with E-state index in [9.17, 15) is 4.79 Å². The molecule has 1 saturated carbocycles. The summed E-state index contributed by atoms with van der Waals surface area (Å²) >= 11 is 3.32. The number of rotatable bonds is 4. The highest BCUT2D eigenvalue weighted by Crippen LogP contribution is 2.36. The zero-order chi connectivity index (χ0) is 18.2. The first-order valence-corrected chi connectivity index (χ1v) is 10.7. The third-order valence-electron chi connectivity index (χ3n) is 4.92. The van der Waals surface area contributed by atoms with Crippen LogP contribution in [0, 0.1) is 5.92 Å². The van der Waals surface area contributed by atoms with Crippen LogP contribution in [0.5, 0.6) is 0 Å². The highest BCUT2D eigenvalue weighted by molar-refractivity contribution is 7.14. The predicted molar refractivity (Wildman–Crippen MR) is 112 cm³/mol. The Bertz CT molecular complexity index is 1100. The Morgan fingerprint density at radius 2 is 1.59 bits per heavy atom. The summed E-state index contributed by atoms with van der Waals surface area (Å²) in [6.45, 7) is 0. The lowest BCUT2D eigenvalue weighted by Crippen LogP contribution is -2.27. The highest BCUT2D eigenvalue weighted by Gasteiger charge is 2.25. The number of carbonyl (C=O) groups excluding carboxylic acids is 1. The van der Waals surface area contributed by atoms with Crippen molar-refractivity contribution in [2.45, 2.75) is 19.3 Å². The Morgan fingerprint density at radius 3 is 2.15 bits per heavy atom. The highest BCUT2D eigenvalue weighted by atomic mass is 32.1. The van der Waals surface area contributed by atoms with Crippen LogP contribution < -0.4 is 5.32 Å². The summed E-state index contributed by atoms with van der Waals surface area (Å²) < 4.78 is 0. The zero-order valence-electron chi connectivity index (χ0n) is 14.5. The maximum absolute atomic E-state index is 12.2. The monoisotopic (exact) mass is 391 g/mol. The number of amides is 1. The SMILES string of the molecule is O=C(Nc1ccc2nc(-c3cccs3)c(-c3cccs3)nc2c1)C1CCC1. The molecule has 0 aliphatic heterocycles. The number of carbonyl (C=O) groups is 1. The Labute approximate surface area is 164 Å². The van der Waals surface area contributed by atoms with E-state index in [-0.39, 0.29) is 11.8 Å². The summed E-state index contributed by atoms with van der Waals surface area (Å²) in [5.41, 5.74) is 4.22. The van der Waals surface area contributed by atoms with Gasteiger partial charge in [-0.2, -0.15) is 0 Å². The number of nitrogens with zero attached hydrogens (tertiary/aromatic N) is 2. The summed E-state index contributed by atoms with van der Waals surface area (Å²) in [5.74, 6) is 0.275. The summed E-state index contributed by atoms with van der Waals surface area (Å²) in [6, 6.07) is 14.0. The Kier molecular flexibility index (Phi) is 4.22. The van der Waals surface area contributed by atoms with E-state index in [0.29, 0.717) is 0 Å². The Balaban J connectivity index is 1.59. The molecule has 0 unspecified atom stereocenters. The molecule has 0 radical (unpaired) electrons. The van der Waals surface area contributed by atoms with E-state index in [1.165, 1.54) is 0 Å². The number of anilines is 1. The van der Waals surface area contributed by atoms with Crippen LogP contribution >= 0.6 is 22.7 Å². The Morgan fingerprint density at radius 1 is 0.926 bits per heavy atom. The first-order valence-electron chi connectivity index (χ1n) is 8.98. The van der Waals surface area contributed by atoms with Gasteiger partial charge >= 0.3 is 0 Å². The van der Waals surface area contributed by atoms with Crippen LogP contribution in [0.25, 0.3) is 32.2 Å². The van der Waals surface area contributed by atoms with E-state index in [2.05, 4.69) is 28.2 Å². The molecule has 0 spiro atoms. The van der Waals surface area contributed by atoms with Crippen LogP contribution in [0.1, 0.15) is 19.3 Å². The Hall–Kier alpha value is -2.57. The molecule has 1 amide bonds. The third-order valence-corrected chi connectivity index (χ3v) is 6.67. The summed E-state index contributed by atoms with van der Waals surface area (Å²) in [7, 11) is 0. The quantitative estimate of drug-likeness (QED) is 0.476. The van der Waals surface area contributed by atoms with Crippen molar-refractivity contribution in [2.24, 2.45) is 5.92 Å². The predicted octanol–water partition coefficient (Wildman–Crippen LogP) is 5.83. The third kappa shape index (κ3) is 3.15. The number of benzene rings is 1. The van der Waals surface area contributed by atoms with Crippen LogP contribution in [-0.4, -0.2) is 15.9 Å². The van der Waals surface area contributed by atoms with E-state index in [1.54, 1.807) is 22.7 Å². The van der Waals surface area contributed by atoms with Gasteiger partial charge in [0.05, 0.1) is 20.8 Å². The van der Waals surface area contributed by atoms with E-state index in [0.717, 1.165) is 57.1 Å². The van der Waals surface area contributed by atoms with E-state index < -0.39 is 0 Å². The van der Waals surface area contributed by atoms with Crippen molar-refractivity contribution in [3.8, 4) is 21.1 Å². The van der Waals surface area contributed by atoms with Gasteiger partial charge in [0.2, 0.25) is 5.91 Å². The molecule has 0 saturated heterocycles. The van der Waals surface area contributed by atoms with E-state index in [4.69, 9.17) is 9.97 Å². The smallest absolute Gasteiger partial charge is 0.227 e. The number of thiophene rings is 2. The summed E-state index contributed by atoms with van der Waals surface area (Å²) in [6.07, 6.45) is 3.13. The normalized spacial score (nSPS) is 14.2. The van der Waals surface area contributed by atoms with Crippen LogP contribution in [0.2, 0.25) is 0 Å². The van der Waals surface area contributed by atoms with E-state index in [1.807, 2.05) is 30.3 Å². The fraction of sp³-hybridized carbons (Fsp3) is 0.190. The number of hydrogen-bond donors (Lipinski definition) is 1. The van der Waals surface area contributed by atoms with Crippen molar-refractivity contribution in [3.05, 3.63) is 53.2 Å². The van der Waals surface area contributed by atoms with Gasteiger partial charge in [-0.1, -0.05) is 18.6 Å². The molecule has 1 aliphatic rings. The zero-order valence-corrected chi connectivity index (χ0v) is 16.1. The minimum atomic E-state index is 0.113. The number of aromatic nitrogens is 2. The van der Waals surface area contributed by atoms with Gasteiger partial charge in [0.1, 0.15) is 11.4 Å². The molecule has 1 fully saturated rings. The van der Waals surface area contributed by atoms with Crippen molar-refractivity contribution in [1.29, 1.82) is 0 Å². The van der Waals surface area contributed by atoms with Gasteiger partial charge in [-0.3, -0.25) is 4.79 Å². The summed E-state index contributed by atoms with van der Waals surface area (Å²) in [5, 5.41) is 7.13. The maximum atomic E-state index is 12.2. The minimum absolute atomic E-state index is 0.113. The number of hydrogen-bond acceptors (Lipinski definition) is 5. The minimum Gasteiger partial charge on any atom is -0.326 e. The molecular weight excluding hydrogens is 374 g/mol. The average Bonchev–Trinajstić information content (AvgIpc) is 3.33. The molecule has 3 aromatic heterocycles. The molecule has 1 aromatic carbocycles. The maximum Gasteiger partial charge on any atom is 0.227 e.